The third kappa shape index (κ3) is 4.92. The summed E-state index contributed by atoms with van der Waals surface area (Å²) in [5.74, 6) is 0. The largest absolute Gasteiger partial charge is 0.329 e. The van der Waals surface area contributed by atoms with Crippen LogP contribution in [0.5, 0.6) is 0 Å². The van der Waals surface area contributed by atoms with Crippen molar-refractivity contribution < 1.29 is 9.85 Å². The van der Waals surface area contributed by atoms with Crippen molar-refractivity contribution in [2.45, 2.75) is 38.8 Å². The predicted molar refractivity (Wildman–Crippen MR) is 67.6 cm³/mol. The molecule has 8 heteroatoms. The van der Waals surface area contributed by atoms with Crippen molar-refractivity contribution >= 4 is 0 Å². The summed E-state index contributed by atoms with van der Waals surface area (Å²) in [6.07, 6.45) is 0. The van der Waals surface area contributed by atoms with Crippen LogP contribution in [0.3, 0.4) is 0 Å². The van der Waals surface area contributed by atoms with Crippen molar-refractivity contribution in [2.24, 2.45) is 5.73 Å². The normalized spacial score (nSPS) is 12.8. The van der Waals surface area contributed by atoms with Crippen molar-refractivity contribution in [2.75, 3.05) is 26.2 Å². The third-order valence-electron chi connectivity index (χ3n) is 2.65. The van der Waals surface area contributed by atoms with Gasteiger partial charge in [0.05, 0.1) is 13.1 Å². The quantitative estimate of drug-likeness (QED) is 0.498. The Morgan fingerprint density at radius 2 is 1.33 bits per heavy atom. The van der Waals surface area contributed by atoms with Gasteiger partial charge in [0.2, 0.25) is 11.1 Å². The summed E-state index contributed by atoms with van der Waals surface area (Å²) >= 11 is 0. The fourth-order valence-corrected chi connectivity index (χ4v) is 1.61. The van der Waals surface area contributed by atoms with Gasteiger partial charge < -0.3 is 5.73 Å². The first-order valence-electron chi connectivity index (χ1n) is 5.74. The molecule has 0 atom stereocenters. The second kappa shape index (κ2) is 6.05. The van der Waals surface area contributed by atoms with E-state index in [-0.39, 0.29) is 22.9 Å². The van der Waals surface area contributed by atoms with E-state index in [2.05, 4.69) is 0 Å². The number of hydrogen-bond donors (Lipinski definition) is 1. The molecule has 0 radical (unpaired) electrons. The zero-order valence-electron chi connectivity index (χ0n) is 11.4. The molecule has 0 aromatic carbocycles. The van der Waals surface area contributed by atoms with Gasteiger partial charge in [-0.3, -0.25) is 25.1 Å². The highest BCUT2D eigenvalue weighted by molar-refractivity contribution is 4.79. The average molecular weight is 262 g/mol. The fourth-order valence-electron chi connectivity index (χ4n) is 1.61. The highest BCUT2D eigenvalue weighted by Gasteiger charge is 2.38. The second-order valence-corrected chi connectivity index (χ2v) is 5.64. The lowest BCUT2D eigenvalue weighted by molar-refractivity contribution is -0.569. The molecule has 0 aliphatic rings. The molecule has 0 spiro atoms. The summed E-state index contributed by atoms with van der Waals surface area (Å²) in [5, 5.41) is 21.7. The van der Waals surface area contributed by atoms with Gasteiger partial charge in [-0.15, -0.1) is 0 Å². The van der Waals surface area contributed by atoms with Crippen LogP contribution in [0.4, 0.5) is 0 Å². The van der Waals surface area contributed by atoms with Gasteiger partial charge in [-0.2, -0.15) is 0 Å². The first-order valence-corrected chi connectivity index (χ1v) is 5.74. The van der Waals surface area contributed by atoms with Crippen LogP contribution < -0.4 is 5.73 Å². The maximum Gasteiger partial charge on any atom is 0.229 e. The Bertz CT molecular complexity index is 289. The molecule has 0 aliphatic heterocycles. The lowest BCUT2D eigenvalue weighted by atomic mass is 10.0. The number of rotatable bonds is 8. The Morgan fingerprint density at radius 1 is 1.00 bits per heavy atom. The second-order valence-electron chi connectivity index (χ2n) is 5.64. The summed E-state index contributed by atoms with van der Waals surface area (Å²) < 4.78 is 0. The van der Waals surface area contributed by atoms with E-state index in [0.29, 0.717) is 13.1 Å². The monoisotopic (exact) mass is 262 g/mol. The molecule has 0 bridgehead atoms. The number of nitrogens with zero attached hydrogens (tertiary/aromatic N) is 3. The molecule has 0 saturated carbocycles. The van der Waals surface area contributed by atoms with E-state index in [0.717, 1.165) is 0 Å². The third-order valence-corrected chi connectivity index (χ3v) is 2.65. The van der Waals surface area contributed by atoms with Crippen molar-refractivity contribution in [3.8, 4) is 0 Å². The topological polar surface area (TPSA) is 116 Å². The molecule has 0 aromatic heterocycles. The van der Waals surface area contributed by atoms with E-state index in [1.165, 1.54) is 27.7 Å². The molecule has 0 aromatic rings. The molecule has 0 rings (SSSR count). The van der Waals surface area contributed by atoms with Crippen LogP contribution in [-0.4, -0.2) is 52.0 Å². The van der Waals surface area contributed by atoms with Gasteiger partial charge in [-0.1, -0.05) is 0 Å². The van der Waals surface area contributed by atoms with Crippen LogP contribution in [0.25, 0.3) is 0 Å². The van der Waals surface area contributed by atoms with E-state index < -0.39 is 11.1 Å². The fraction of sp³-hybridized carbons (Fsp3) is 1.00. The Morgan fingerprint density at radius 3 is 1.56 bits per heavy atom. The van der Waals surface area contributed by atoms with Gasteiger partial charge in [-0.05, 0) is 0 Å². The summed E-state index contributed by atoms with van der Waals surface area (Å²) in [4.78, 5) is 22.7. The zero-order valence-corrected chi connectivity index (χ0v) is 11.4. The Labute approximate surface area is 106 Å². The maximum absolute atomic E-state index is 10.9. The molecule has 0 heterocycles. The maximum atomic E-state index is 10.9. The highest BCUT2D eigenvalue weighted by Crippen LogP contribution is 2.15. The number of nitro groups is 2. The molecular weight excluding hydrogens is 240 g/mol. The van der Waals surface area contributed by atoms with Gasteiger partial charge in [0.1, 0.15) is 0 Å². The predicted octanol–water partition coefficient (Wildman–Crippen LogP) is 0.358. The summed E-state index contributed by atoms with van der Waals surface area (Å²) in [7, 11) is 0. The minimum absolute atomic E-state index is 0.133. The van der Waals surface area contributed by atoms with Crippen LogP contribution >= 0.6 is 0 Å². The minimum Gasteiger partial charge on any atom is -0.329 e. The SMILES string of the molecule is CC(C)(CN(CCN)CC(C)(C)[N+](=O)[O-])[N+](=O)[O-]. The average Bonchev–Trinajstić information content (AvgIpc) is 2.15. The lowest BCUT2D eigenvalue weighted by Crippen LogP contribution is -2.52. The molecule has 18 heavy (non-hydrogen) atoms. The zero-order chi connectivity index (χ0) is 14.6. The molecular formula is C10H22N4O4. The van der Waals surface area contributed by atoms with E-state index >= 15 is 0 Å². The van der Waals surface area contributed by atoms with Crippen LogP contribution in [0.15, 0.2) is 0 Å². The van der Waals surface area contributed by atoms with Gasteiger partial charge in [0.25, 0.3) is 0 Å². The van der Waals surface area contributed by atoms with Gasteiger partial charge in [0, 0.05) is 50.6 Å². The van der Waals surface area contributed by atoms with Crippen molar-refractivity contribution in [1.29, 1.82) is 0 Å². The standard InChI is InChI=1S/C10H22N4O4/c1-9(2,13(15)16)7-12(6-5-11)8-10(3,4)14(17)18/h5-8,11H2,1-4H3. The van der Waals surface area contributed by atoms with Gasteiger partial charge in [-0.25, -0.2) is 0 Å². The highest BCUT2D eigenvalue weighted by atomic mass is 16.6. The molecule has 8 nitrogen and oxygen atoms in total. The van der Waals surface area contributed by atoms with Crippen LogP contribution in [0, 0.1) is 20.2 Å². The molecule has 0 amide bonds. The Kier molecular flexibility index (Phi) is 5.62. The first-order chi connectivity index (χ1) is 8.03. The van der Waals surface area contributed by atoms with E-state index in [4.69, 9.17) is 5.73 Å². The van der Waals surface area contributed by atoms with Crippen molar-refractivity contribution in [1.82, 2.24) is 4.90 Å². The Balaban J connectivity index is 4.78. The van der Waals surface area contributed by atoms with Crippen molar-refractivity contribution in [3.63, 3.8) is 0 Å². The van der Waals surface area contributed by atoms with E-state index in [9.17, 15) is 20.2 Å². The summed E-state index contributed by atoms with van der Waals surface area (Å²) in [6.45, 7) is 6.95. The molecule has 0 unspecified atom stereocenters. The van der Waals surface area contributed by atoms with Crippen LogP contribution in [-0.2, 0) is 0 Å². The first kappa shape index (κ1) is 16.7. The molecule has 0 saturated heterocycles. The number of hydrogen-bond acceptors (Lipinski definition) is 6. The molecule has 0 fully saturated rings. The summed E-state index contributed by atoms with van der Waals surface area (Å²) in [6, 6.07) is 0. The van der Waals surface area contributed by atoms with Gasteiger partial charge in [0.15, 0.2) is 0 Å². The van der Waals surface area contributed by atoms with Crippen molar-refractivity contribution in [3.05, 3.63) is 20.2 Å². The van der Waals surface area contributed by atoms with E-state index in [1.54, 1.807) is 4.90 Å². The minimum atomic E-state index is -1.15. The summed E-state index contributed by atoms with van der Waals surface area (Å²) in [5.41, 5.74) is 3.14. The smallest absolute Gasteiger partial charge is 0.229 e. The van der Waals surface area contributed by atoms with Crippen LogP contribution in [0.2, 0.25) is 0 Å². The molecule has 106 valence electrons. The van der Waals surface area contributed by atoms with Crippen LogP contribution in [0.1, 0.15) is 27.7 Å². The Hall–Kier alpha value is -1.28. The molecule has 0 aliphatic carbocycles. The van der Waals surface area contributed by atoms with Gasteiger partial charge >= 0.3 is 0 Å². The molecule has 2 N–H and O–H groups in total. The van der Waals surface area contributed by atoms with E-state index in [1.807, 2.05) is 0 Å². The number of nitrogens with two attached hydrogens (primary N) is 1. The lowest BCUT2D eigenvalue weighted by Gasteiger charge is -2.30.